The van der Waals surface area contributed by atoms with Gasteiger partial charge in [-0.3, -0.25) is 4.79 Å². The van der Waals surface area contributed by atoms with E-state index in [-0.39, 0.29) is 0 Å². The standard InChI is InChI=1S/C20H19N3O/c24-16-19-20(14-13-18-10-5-2-6-11-18)23(22-21-19)15-7-12-17-8-3-1-4-9-17/h1-6,8-11,13-14,16H,7,12,15H2/b14-13+. The van der Waals surface area contributed by atoms with Crippen LogP contribution in [-0.2, 0) is 13.0 Å². The van der Waals surface area contributed by atoms with Crippen molar-refractivity contribution in [2.24, 2.45) is 0 Å². The van der Waals surface area contributed by atoms with Crippen LogP contribution < -0.4 is 0 Å². The summed E-state index contributed by atoms with van der Waals surface area (Å²) in [7, 11) is 0. The number of aryl methyl sites for hydroxylation is 2. The number of hydrogen-bond donors (Lipinski definition) is 0. The van der Waals surface area contributed by atoms with Crippen molar-refractivity contribution < 1.29 is 4.79 Å². The van der Waals surface area contributed by atoms with Crippen molar-refractivity contribution in [2.75, 3.05) is 0 Å². The minimum atomic E-state index is 0.377. The van der Waals surface area contributed by atoms with Gasteiger partial charge in [-0.25, -0.2) is 4.68 Å². The molecule has 1 heterocycles. The highest BCUT2D eigenvalue weighted by molar-refractivity contribution is 5.81. The lowest BCUT2D eigenvalue weighted by atomic mass is 10.1. The fraction of sp³-hybridized carbons (Fsp3) is 0.150. The molecule has 24 heavy (non-hydrogen) atoms. The van der Waals surface area contributed by atoms with Gasteiger partial charge in [0.25, 0.3) is 0 Å². The van der Waals surface area contributed by atoms with E-state index in [1.165, 1.54) is 5.56 Å². The topological polar surface area (TPSA) is 47.8 Å². The molecule has 4 heteroatoms. The lowest BCUT2D eigenvalue weighted by Crippen LogP contribution is -2.04. The van der Waals surface area contributed by atoms with Gasteiger partial charge in [0.2, 0.25) is 0 Å². The van der Waals surface area contributed by atoms with Gasteiger partial charge in [0.15, 0.2) is 12.0 Å². The van der Waals surface area contributed by atoms with Crippen molar-refractivity contribution in [3.05, 3.63) is 83.2 Å². The maximum atomic E-state index is 11.2. The summed E-state index contributed by atoms with van der Waals surface area (Å²) in [6.45, 7) is 0.726. The number of benzene rings is 2. The summed E-state index contributed by atoms with van der Waals surface area (Å²) in [6, 6.07) is 20.3. The predicted octanol–water partition coefficient (Wildman–Crippen LogP) is 3.89. The normalized spacial score (nSPS) is 11.0. The Morgan fingerprint density at radius 1 is 0.917 bits per heavy atom. The second kappa shape index (κ2) is 8.02. The zero-order valence-electron chi connectivity index (χ0n) is 13.4. The first kappa shape index (κ1) is 15.9. The lowest BCUT2D eigenvalue weighted by molar-refractivity contribution is 0.111. The average Bonchev–Trinajstić information content (AvgIpc) is 3.04. The van der Waals surface area contributed by atoms with E-state index in [1.54, 1.807) is 4.68 Å². The van der Waals surface area contributed by atoms with E-state index in [4.69, 9.17) is 0 Å². The van der Waals surface area contributed by atoms with E-state index in [2.05, 4.69) is 22.4 Å². The number of aldehydes is 1. The summed E-state index contributed by atoms with van der Waals surface area (Å²) in [5, 5.41) is 8.08. The molecule has 1 aromatic heterocycles. The molecule has 0 aliphatic rings. The van der Waals surface area contributed by atoms with Crippen molar-refractivity contribution in [3.63, 3.8) is 0 Å². The van der Waals surface area contributed by atoms with Gasteiger partial charge < -0.3 is 0 Å². The Hall–Kier alpha value is -3.01. The molecule has 0 fully saturated rings. The molecule has 120 valence electrons. The lowest BCUT2D eigenvalue weighted by Gasteiger charge is -2.04. The van der Waals surface area contributed by atoms with Gasteiger partial charge in [-0.2, -0.15) is 0 Å². The van der Waals surface area contributed by atoms with Gasteiger partial charge in [-0.1, -0.05) is 72.0 Å². The summed E-state index contributed by atoms with van der Waals surface area (Å²) in [5.41, 5.74) is 3.50. The molecule has 0 saturated carbocycles. The van der Waals surface area contributed by atoms with Crippen molar-refractivity contribution >= 4 is 18.4 Å². The van der Waals surface area contributed by atoms with Crippen molar-refractivity contribution in [1.29, 1.82) is 0 Å². The van der Waals surface area contributed by atoms with Crippen LogP contribution in [-0.4, -0.2) is 21.3 Å². The number of hydrogen-bond acceptors (Lipinski definition) is 3. The van der Waals surface area contributed by atoms with Crippen LogP contribution in [0.15, 0.2) is 60.7 Å². The highest BCUT2D eigenvalue weighted by Crippen LogP contribution is 2.12. The maximum Gasteiger partial charge on any atom is 0.172 e. The third kappa shape index (κ3) is 4.04. The molecule has 0 amide bonds. The summed E-state index contributed by atoms with van der Waals surface area (Å²) in [6.07, 6.45) is 6.54. The second-order valence-corrected chi connectivity index (χ2v) is 5.53. The Balaban J connectivity index is 1.70. The van der Waals surface area contributed by atoms with Gasteiger partial charge in [-0.15, -0.1) is 5.10 Å². The average molecular weight is 317 g/mol. The summed E-state index contributed by atoms with van der Waals surface area (Å²) in [5.74, 6) is 0. The zero-order valence-corrected chi connectivity index (χ0v) is 13.4. The van der Waals surface area contributed by atoms with Crippen LogP contribution in [0.2, 0.25) is 0 Å². The first-order chi connectivity index (χ1) is 11.9. The molecule has 3 rings (SSSR count). The van der Waals surface area contributed by atoms with Crippen LogP contribution in [0.3, 0.4) is 0 Å². The van der Waals surface area contributed by atoms with Gasteiger partial charge in [0, 0.05) is 6.54 Å². The molecule has 0 bridgehead atoms. The fourth-order valence-electron chi connectivity index (χ4n) is 2.57. The van der Waals surface area contributed by atoms with Crippen LogP contribution in [0.1, 0.15) is 33.7 Å². The second-order valence-electron chi connectivity index (χ2n) is 5.53. The molecule has 0 aliphatic heterocycles. The van der Waals surface area contributed by atoms with Gasteiger partial charge in [0.05, 0.1) is 5.69 Å². The third-order valence-corrected chi connectivity index (χ3v) is 3.82. The number of rotatable bonds is 7. The Kier molecular flexibility index (Phi) is 5.30. The van der Waals surface area contributed by atoms with Gasteiger partial charge in [-0.05, 0) is 30.0 Å². The van der Waals surface area contributed by atoms with Crippen LogP contribution in [0.5, 0.6) is 0 Å². The maximum absolute atomic E-state index is 11.2. The summed E-state index contributed by atoms with van der Waals surface area (Å²) < 4.78 is 1.80. The van der Waals surface area contributed by atoms with Crippen LogP contribution >= 0.6 is 0 Å². The smallest absolute Gasteiger partial charge is 0.172 e. The Morgan fingerprint density at radius 2 is 1.62 bits per heavy atom. The molecule has 0 N–H and O–H groups in total. The van der Waals surface area contributed by atoms with E-state index in [0.717, 1.165) is 36.9 Å². The summed E-state index contributed by atoms with van der Waals surface area (Å²) in [4.78, 5) is 11.2. The Labute approximate surface area is 141 Å². The highest BCUT2D eigenvalue weighted by atomic mass is 16.1. The molecule has 0 radical (unpaired) electrons. The van der Waals surface area contributed by atoms with E-state index in [9.17, 15) is 4.79 Å². The predicted molar refractivity (Wildman–Crippen MR) is 95.5 cm³/mol. The Morgan fingerprint density at radius 3 is 2.33 bits per heavy atom. The van der Waals surface area contributed by atoms with E-state index in [1.807, 2.05) is 60.7 Å². The molecule has 2 aromatic carbocycles. The first-order valence-electron chi connectivity index (χ1n) is 8.02. The fourth-order valence-corrected chi connectivity index (χ4v) is 2.57. The van der Waals surface area contributed by atoms with Crippen molar-refractivity contribution in [1.82, 2.24) is 15.0 Å². The highest BCUT2D eigenvalue weighted by Gasteiger charge is 2.09. The number of carbonyl (C=O) groups excluding carboxylic acids is 1. The first-order valence-corrected chi connectivity index (χ1v) is 8.02. The quantitative estimate of drug-likeness (QED) is 0.621. The minimum absolute atomic E-state index is 0.377. The van der Waals surface area contributed by atoms with Crippen LogP contribution in [0, 0.1) is 0 Å². The molecule has 0 atom stereocenters. The zero-order chi connectivity index (χ0) is 16.6. The van der Waals surface area contributed by atoms with Crippen LogP contribution in [0.25, 0.3) is 12.2 Å². The SMILES string of the molecule is O=Cc1nnn(CCCc2ccccc2)c1/C=C/c1ccccc1. The van der Waals surface area contributed by atoms with Crippen molar-refractivity contribution in [2.45, 2.75) is 19.4 Å². The monoisotopic (exact) mass is 317 g/mol. The van der Waals surface area contributed by atoms with Crippen molar-refractivity contribution in [3.8, 4) is 0 Å². The molecule has 0 saturated heterocycles. The summed E-state index contributed by atoms with van der Waals surface area (Å²) >= 11 is 0. The molecule has 0 spiro atoms. The molecular weight excluding hydrogens is 298 g/mol. The van der Waals surface area contributed by atoms with E-state index >= 15 is 0 Å². The van der Waals surface area contributed by atoms with E-state index in [0.29, 0.717) is 5.69 Å². The molecule has 0 aliphatic carbocycles. The molecule has 3 aromatic rings. The Bertz CT molecular complexity index is 807. The molecule has 4 nitrogen and oxygen atoms in total. The van der Waals surface area contributed by atoms with Crippen LogP contribution in [0.4, 0.5) is 0 Å². The molecule has 0 unspecified atom stereocenters. The third-order valence-electron chi connectivity index (χ3n) is 3.82. The minimum Gasteiger partial charge on any atom is -0.296 e. The largest absolute Gasteiger partial charge is 0.296 e. The number of nitrogens with zero attached hydrogens (tertiary/aromatic N) is 3. The van der Waals surface area contributed by atoms with Gasteiger partial charge in [0.1, 0.15) is 0 Å². The number of aromatic nitrogens is 3. The number of carbonyl (C=O) groups is 1. The van der Waals surface area contributed by atoms with E-state index < -0.39 is 0 Å². The molecular formula is C20H19N3O. The van der Waals surface area contributed by atoms with Gasteiger partial charge >= 0.3 is 0 Å².